The molecule has 0 bridgehead atoms. The summed E-state index contributed by atoms with van der Waals surface area (Å²) < 4.78 is 9.71. The Morgan fingerprint density at radius 2 is 1.94 bits per heavy atom. The SMILES string of the molecule is ClC(Cl)(Cl)C1OCCC1OCc1ccccc1. The molecular formula is C12H13Cl3O2. The molecule has 2 nitrogen and oxygen atoms in total. The van der Waals surface area contributed by atoms with E-state index in [-0.39, 0.29) is 6.10 Å². The number of ether oxygens (including phenoxy) is 2. The second kappa shape index (κ2) is 5.77. The van der Waals surface area contributed by atoms with Crippen molar-refractivity contribution in [2.45, 2.75) is 29.0 Å². The van der Waals surface area contributed by atoms with Gasteiger partial charge in [-0.15, -0.1) is 0 Å². The highest BCUT2D eigenvalue weighted by Crippen LogP contribution is 2.38. The fourth-order valence-electron chi connectivity index (χ4n) is 1.82. The number of hydrogen-bond acceptors (Lipinski definition) is 2. The Labute approximate surface area is 116 Å². The van der Waals surface area contributed by atoms with Gasteiger partial charge < -0.3 is 9.47 Å². The van der Waals surface area contributed by atoms with Crippen LogP contribution in [0.5, 0.6) is 0 Å². The second-order valence-corrected chi connectivity index (χ2v) is 6.33. The molecule has 0 aromatic heterocycles. The molecule has 0 saturated carbocycles. The van der Waals surface area contributed by atoms with Gasteiger partial charge in [0.1, 0.15) is 6.10 Å². The van der Waals surface area contributed by atoms with E-state index in [1.165, 1.54) is 0 Å². The first-order valence-corrected chi connectivity index (χ1v) is 6.54. The zero-order valence-electron chi connectivity index (χ0n) is 9.11. The quantitative estimate of drug-likeness (QED) is 0.791. The highest BCUT2D eigenvalue weighted by molar-refractivity contribution is 6.68. The van der Waals surface area contributed by atoms with Crippen LogP contribution in [-0.2, 0) is 16.1 Å². The Kier molecular flexibility index (Phi) is 4.56. The fourth-order valence-corrected chi connectivity index (χ4v) is 2.43. The Morgan fingerprint density at radius 1 is 1.24 bits per heavy atom. The topological polar surface area (TPSA) is 18.5 Å². The fraction of sp³-hybridized carbons (Fsp3) is 0.500. The largest absolute Gasteiger partial charge is 0.371 e. The molecule has 1 fully saturated rings. The van der Waals surface area contributed by atoms with Gasteiger partial charge in [0.05, 0.1) is 12.7 Å². The monoisotopic (exact) mass is 294 g/mol. The molecule has 1 aliphatic heterocycles. The summed E-state index contributed by atoms with van der Waals surface area (Å²) in [4.78, 5) is 0. The van der Waals surface area contributed by atoms with Crippen LogP contribution in [0.15, 0.2) is 30.3 Å². The van der Waals surface area contributed by atoms with E-state index >= 15 is 0 Å². The first-order valence-electron chi connectivity index (χ1n) is 5.41. The lowest BCUT2D eigenvalue weighted by Crippen LogP contribution is -2.36. The minimum absolute atomic E-state index is 0.164. The molecule has 0 aliphatic carbocycles. The minimum atomic E-state index is -1.43. The van der Waals surface area contributed by atoms with Gasteiger partial charge in [0.15, 0.2) is 0 Å². The van der Waals surface area contributed by atoms with Gasteiger partial charge in [-0.3, -0.25) is 0 Å². The Bertz CT molecular complexity index is 351. The van der Waals surface area contributed by atoms with Gasteiger partial charge in [-0.25, -0.2) is 0 Å². The van der Waals surface area contributed by atoms with Crippen LogP contribution in [0.1, 0.15) is 12.0 Å². The van der Waals surface area contributed by atoms with Crippen LogP contribution < -0.4 is 0 Å². The van der Waals surface area contributed by atoms with Gasteiger partial charge in [0.2, 0.25) is 3.79 Å². The summed E-state index contributed by atoms with van der Waals surface area (Å²) >= 11 is 17.5. The van der Waals surface area contributed by atoms with Crippen molar-refractivity contribution in [3.05, 3.63) is 35.9 Å². The zero-order chi connectivity index (χ0) is 12.3. The van der Waals surface area contributed by atoms with E-state index < -0.39 is 9.90 Å². The van der Waals surface area contributed by atoms with Crippen molar-refractivity contribution in [1.29, 1.82) is 0 Å². The standard InChI is InChI=1S/C12H13Cl3O2/c13-12(14,15)11-10(6-7-16-11)17-8-9-4-2-1-3-5-9/h1-5,10-11H,6-8H2. The maximum absolute atomic E-state index is 5.84. The number of hydrogen-bond donors (Lipinski definition) is 0. The maximum Gasteiger partial charge on any atom is 0.218 e. The minimum Gasteiger partial charge on any atom is -0.371 e. The van der Waals surface area contributed by atoms with Gasteiger partial charge in [0, 0.05) is 6.61 Å². The van der Waals surface area contributed by atoms with E-state index in [2.05, 4.69) is 0 Å². The Hall–Kier alpha value is 0.01000. The lowest BCUT2D eigenvalue weighted by Gasteiger charge is -2.25. The third-order valence-electron chi connectivity index (χ3n) is 2.67. The molecule has 1 aromatic carbocycles. The van der Waals surface area contributed by atoms with E-state index in [0.717, 1.165) is 12.0 Å². The average Bonchev–Trinajstić information content (AvgIpc) is 2.75. The first-order chi connectivity index (χ1) is 8.07. The van der Waals surface area contributed by atoms with Gasteiger partial charge in [0.25, 0.3) is 0 Å². The molecule has 94 valence electrons. The Morgan fingerprint density at radius 3 is 2.59 bits per heavy atom. The van der Waals surface area contributed by atoms with E-state index in [1.807, 2.05) is 30.3 Å². The molecule has 2 rings (SSSR count). The molecule has 0 amide bonds. The van der Waals surface area contributed by atoms with Crippen molar-refractivity contribution >= 4 is 34.8 Å². The van der Waals surface area contributed by atoms with Crippen molar-refractivity contribution in [3.63, 3.8) is 0 Å². The maximum atomic E-state index is 5.84. The summed E-state index contributed by atoms with van der Waals surface area (Å²) in [5, 5.41) is 0. The summed E-state index contributed by atoms with van der Waals surface area (Å²) in [5.74, 6) is 0. The lowest BCUT2D eigenvalue weighted by molar-refractivity contribution is -0.0152. The normalized spacial score (nSPS) is 25.1. The molecular weight excluding hydrogens is 282 g/mol. The summed E-state index contributed by atoms with van der Waals surface area (Å²) in [7, 11) is 0. The molecule has 1 heterocycles. The van der Waals surface area contributed by atoms with Crippen molar-refractivity contribution < 1.29 is 9.47 Å². The smallest absolute Gasteiger partial charge is 0.218 e. The van der Waals surface area contributed by atoms with Crippen molar-refractivity contribution in [1.82, 2.24) is 0 Å². The summed E-state index contributed by atoms with van der Waals surface area (Å²) in [5.41, 5.74) is 1.10. The van der Waals surface area contributed by atoms with Crippen LogP contribution in [0.25, 0.3) is 0 Å². The van der Waals surface area contributed by atoms with Gasteiger partial charge in [-0.2, -0.15) is 0 Å². The van der Waals surface area contributed by atoms with Crippen LogP contribution in [0.2, 0.25) is 0 Å². The first kappa shape index (κ1) is 13.4. The van der Waals surface area contributed by atoms with Crippen molar-refractivity contribution in [3.8, 4) is 0 Å². The number of halogens is 3. The molecule has 1 aromatic rings. The summed E-state index contributed by atoms with van der Waals surface area (Å²) in [6.45, 7) is 1.07. The number of benzene rings is 1. The molecule has 17 heavy (non-hydrogen) atoms. The van der Waals surface area contributed by atoms with Crippen molar-refractivity contribution in [2.75, 3.05) is 6.61 Å². The number of alkyl halides is 3. The molecule has 0 spiro atoms. The molecule has 0 N–H and O–H groups in total. The van der Waals surface area contributed by atoms with Gasteiger partial charge in [-0.05, 0) is 12.0 Å². The van der Waals surface area contributed by atoms with Crippen LogP contribution in [0, 0.1) is 0 Å². The van der Waals surface area contributed by atoms with Crippen LogP contribution in [0.4, 0.5) is 0 Å². The van der Waals surface area contributed by atoms with E-state index in [4.69, 9.17) is 44.3 Å². The molecule has 1 aliphatic rings. The predicted octanol–water partition coefficient (Wildman–Crippen LogP) is 3.73. The number of rotatable bonds is 3. The van der Waals surface area contributed by atoms with Gasteiger partial charge in [-0.1, -0.05) is 65.1 Å². The summed E-state index contributed by atoms with van der Waals surface area (Å²) in [6.07, 6.45) is 0.102. The molecule has 2 atom stereocenters. The third kappa shape index (κ3) is 3.73. The molecule has 1 saturated heterocycles. The Balaban J connectivity index is 1.91. The van der Waals surface area contributed by atoms with Crippen LogP contribution in [0.3, 0.4) is 0 Å². The van der Waals surface area contributed by atoms with Crippen LogP contribution in [-0.4, -0.2) is 22.6 Å². The highest BCUT2D eigenvalue weighted by atomic mass is 35.6. The van der Waals surface area contributed by atoms with E-state index in [9.17, 15) is 0 Å². The van der Waals surface area contributed by atoms with Gasteiger partial charge >= 0.3 is 0 Å². The molecule has 2 unspecified atom stereocenters. The average molecular weight is 296 g/mol. The summed E-state index contributed by atoms with van der Waals surface area (Å²) in [6, 6.07) is 9.90. The van der Waals surface area contributed by atoms with E-state index in [1.54, 1.807) is 0 Å². The molecule has 0 radical (unpaired) electrons. The predicted molar refractivity (Wildman–Crippen MR) is 69.7 cm³/mol. The van der Waals surface area contributed by atoms with Crippen molar-refractivity contribution in [2.24, 2.45) is 0 Å². The highest BCUT2D eigenvalue weighted by Gasteiger charge is 2.43. The van der Waals surface area contributed by atoms with Crippen LogP contribution >= 0.6 is 34.8 Å². The molecule has 5 heteroatoms. The zero-order valence-corrected chi connectivity index (χ0v) is 11.4. The lowest BCUT2D eigenvalue weighted by atomic mass is 10.2. The second-order valence-electron chi connectivity index (χ2n) is 3.96. The third-order valence-corrected chi connectivity index (χ3v) is 3.31. The van der Waals surface area contributed by atoms with E-state index in [0.29, 0.717) is 13.2 Å².